The monoisotopic (exact) mass is 359 g/mol. The summed E-state index contributed by atoms with van der Waals surface area (Å²) in [5.74, 6) is 0.141. The minimum atomic E-state index is -0.217. The summed E-state index contributed by atoms with van der Waals surface area (Å²) in [6.45, 7) is 3.35. The molecule has 2 aliphatic rings. The number of nitrogens with one attached hydrogen (secondary N) is 2. The van der Waals surface area contributed by atoms with Crippen LogP contribution >= 0.6 is 0 Å². The molecule has 1 saturated carbocycles. The topological polar surface area (TPSA) is 70.7 Å². The van der Waals surface area contributed by atoms with Crippen LogP contribution in [0.15, 0.2) is 24.3 Å². The van der Waals surface area contributed by atoms with Crippen LogP contribution in [0.3, 0.4) is 0 Å². The maximum Gasteiger partial charge on any atom is 0.319 e. The lowest BCUT2D eigenvalue weighted by Gasteiger charge is -2.28. The summed E-state index contributed by atoms with van der Waals surface area (Å²) in [6.07, 6.45) is 6.02. The van der Waals surface area contributed by atoms with Gasteiger partial charge in [-0.15, -0.1) is 0 Å². The molecular weight excluding hydrogens is 330 g/mol. The number of carbonyl (C=O) groups excluding carboxylic acids is 2. The van der Waals surface area contributed by atoms with Gasteiger partial charge >= 0.3 is 6.03 Å². The van der Waals surface area contributed by atoms with Crippen LogP contribution in [0.5, 0.6) is 0 Å². The zero-order valence-corrected chi connectivity index (χ0v) is 15.7. The number of hydrogen-bond donors (Lipinski definition) is 2. The van der Waals surface area contributed by atoms with E-state index in [9.17, 15) is 9.59 Å². The van der Waals surface area contributed by atoms with Gasteiger partial charge in [0.2, 0.25) is 5.91 Å². The highest BCUT2D eigenvalue weighted by atomic mass is 16.5. The summed E-state index contributed by atoms with van der Waals surface area (Å²) >= 11 is 0. The van der Waals surface area contributed by atoms with Crippen LogP contribution in [0.1, 0.15) is 45.4 Å². The first-order chi connectivity index (χ1) is 12.5. The molecule has 1 atom stereocenters. The minimum absolute atomic E-state index is 0.0609. The van der Waals surface area contributed by atoms with E-state index in [-0.39, 0.29) is 23.4 Å². The van der Waals surface area contributed by atoms with Crippen LogP contribution < -0.4 is 15.5 Å². The maximum atomic E-state index is 12.3. The Labute approximate surface area is 155 Å². The average Bonchev–Trinajstić information content (AvgIpc) is 3.21. The number of anilines is 2. The molecule has 1 aromatic carbocycles. The molecule has 1 heterocycles. The summed E-state index contributed by atoms with van der Waals surface area (Å²) in [5, 5.41) is 5.88. The molecule has 2 N–H and O–H groups in total. The van der Waals surface area contributed by atoms with Crippen molar-refractivity contribution in [3.8, 4) is 0 Å². The van der Waals surface area contributed by atoms with Crippen molar-refractivity contribution < 1.29 is 14.3 Å². The van der Waals surface area contributed by atoms with Crippen molar-refractivity contribution in [1.29, 1.82) is 0 Å². The SMILES string of the molecule is COCC1(CNC(=O)Nc2cccc(N3C(=O)CC[C@@H]3C)c2)CCCC1. The van der Waals surface area contributed by atoms with E-state index in [1.54, 1.807) is 7.11 Å². The molecule has 3 amide bonds. The number of benzene rings is 1. The smallest absolute Gasteiger partial charge is 0.319 e. The van der Waals surface area contributed by atoms with Crippen molar-refractivity contribution in [2.24, 2.45) is 5.41 Å². The van der Waals surface area contributed by atoms with Gasteiger partial charge < -0.3 is 20.3 Å². The van der Waals surface area contributed by atoms with Gasteiger partial charge in [0.15, 0.2) is 0 Å². The fraction of sp³-hybridized carbons (Fsp3) is 0.600. The van der Waals surface area contributed by atoms with Gasteiger partial charge in [-0.25, -0.2) is 4.79 Å². The maximum absolute atomic E-state index is 12.3. The Morgan fingerprint density at radius 1 is 1.35 bits per heavy atom. The lowest BCUT2D eigenvalue weighted by molar-refractivity contribution is -0.117. The first-order valence-electron chi connectivity index (χ1n) is 9.49. The van der Waals surface area contributed by atoms with Gasteiger partial charge in [0.05, 0.1) is 6.61 Å². The number of rotatable bonds is 6. The number of ether oxygens (including phenoxy) is 1. The summed E-state index contributed by atoms with van der Waals surface area (Å²) in [6, 6.07) is 7.46. The van der Waals surface area contributed by atoms with Crippen molar-refractivity contribution in [3.05, 3.63) is 24.3 Å². The number of hydrogen-bond acceptors (Lipinski definition) is 3. The molecule has 0 aromatic heterocycles. The van der Waals surface area contributed by atoms with Gasteiger partial charge in [-0.1, -0.05) is 18.9 Å². The lowest BCUT2D eigenvalue weighted by Crippen LogP contribution is -2.40. The first kappa shape index (κ1) is 18.7. The number of nitrogens with zero attached hydrogens (tertiary/aromatic N) is 1. The van der Waals surface area contributed by atoms with Gasteiger partial charge in [-0.05, 0) is 44.4 Å². The van der Waals surface area contributed by atoms with E-state index in [1.807, 2.05) is 29.2 Å². The predicted octanol–water partition coefficient (Wildman–Crippen LogP) is 3.53. The summed E-state index contributed by atoms with van der Waals surface area (Å²) in [5.41, 5.74) is 1.59. The van der Waals surface area contributed by atoms with Crippen LogP contribution in [-0.4, -0.2) is 38.2 Å². The van der Waals surface area contributed by atoms with Crippen LogP contribution in [0.4, 0.5) is 16.2 Å². The van der Waals surface area contributed by atoms with E-state index in [0.717, 1.165) is 24.9 Å². The zero-order chi connectivity index (χ0) is 18.6. The van der Waals surface area contributed by atoms with Gasteiger partial charge in [-0.3, -0.25) is 4.79 Å². The summed E-state index contributed by atoms with van der Waals surface area (Å²) in [4.78, 5) is 26.2. The largest absolute Gasteiger partial charge is 0.384 e. The molecule has 0 spiro atoms. The zero-order valence-electron chi connectivity index (χ0n) is 15.7. The Bertz CT molecular complexity index is 655. The van der Waals surface area contributed by atoms with Crippen molar-refractivity contribution in [2.75, 3.05) is 30.5 Å². The lowest BCUT2D eigenvalue weighted by atomic mass is 9.87. The molecule has 6 nitrogen and oxygen atoms in total. The second kappa shape index (κ2) is 8.08. The highest BCUT2D eigenvalue weighted by Crippen LogP contribution is 2.37. The van der Waals surface area contributed by atoms with E-state index in [1.165, 1.54) is 12.8 Å². The van der Waals surface area contributed by atoms with Gasteiger partial charge in [0, 0.05) is 42.9 Å². The minimum Gasteiger partial charge on any atom is -0.384 e. The van der Waals surface area contributed by atoms with Crippen molar-refractivity contribution in [2.45, 2.75) is 51.5 Å². The Kier molecular flexibility index (Phi) is 5.81. The molecule has 0 unspecified atom stereocenters. The third-order valence-electron chi connectivity index (χ3n) is 5.61. The van der Waals surface area contributed by atoms with Crippen LogP contribution in [0.2, 0.25) is 0 Å². The number of amides is 3. The second-order valence-corrected chi connectivity index (χ2v) is 7.65. The highest BCUT2D eigenvalue weighted by molar-refractivity contribution is 5.97. The fourth-order valence-electron chi connectivity index (χ4n) is 4.21. The normalized spacial score (nSPS) is 21.8. The number of urea groups is 1. The van der Waals surface area contributed by atoms with Gasteiger partial charge in [-0.2, -0.15) is 0 Å². The van der Waals surface area contributed by atoms with Crippen molar-refractivity contribution in [3.63, 3.8) is 0 Å². The van der Waals surface area contributed by atoms with Crippen LogP contribution in [0.25, 0.3) is 0 Å². The van der Waals surface area contributed by atoms with Gasteiger partial charge in [0.1, 0.15) is 0 Å². The molecule has 142 valence electrons. The predicted molar refractivity (Wildman–Crippen MR) is 102 cm³/mol. The van der Waals surface area contributed by atoms with E-state index in [0.29, 0.717) is 25.3 Å². The van der Waals surface area contributed by atoms with E-state index >= 15 is 0 Å². The van der Waals surface area contributed by atoms with Crippen LogP contribution in [0, 0.1) is 5.41 Å². The molecule has 6 heteroatoms. The highest BCUT2D eigenvalue weighted by Gasteiger charge is 2.34. The average molecular weight is 359 g/mol. The fourth-order valence-corrected chi connectivity index (χ4v) is 4.21. The summed E-state index contributed by atoms with van der Waals surface area (Å²) in [7, 11) is 1.71. The van der Waals surface area contributed by atoms with Crippen LogP contribution in [-0.2, 0) is 9.53 Å². The van der Waals surface area contributed by atoms with E-state index in [2.05, 4.69) is 17.6 Å². The molecule has 3 rings (SSSR count). The Balaban J connectivity index is 1.59. The van der Waals surface area contributed by atoms with E-state index < -0.39 is 0 Å². The standard InChI is InChI=1S/C20H29N3O3/c1-15-8-9-18(24)23(15)17-7-5-6-16(12-17)22-19(25)21-13-20(14-26-2)10-3-4-11-20/h5-7,12,15H,3-4,8-11,13-14H2,1-2H3,(H2,21,22,25)/t15-/m0/s1. The van der Waals surface area contributed by atoms with Crippen molar-refractivity contribution in [1.82, 2.24) is 5.32 Å². The third kappa shape index (κ3) is 4.18. The first-order valence-corrected chi connectivity index (χ1v) is 9.49. The number of carbonyl (C=O) groups is 2. The summed E-state index contributed by atoms with van der Waals surface area (Å²) < 4.78 is 5.36. The molecular formula is C20H29N3O3. The number of methoxy groups -OCH3 is 1. The molecule has 1 saturated heterocycles. The molecule has 1 aliphatic carbocycles. The Morgan fingerprint density at radius 2 is 2.12 bits per heavy atom. The molecule has 0 bridgehead atoms. The molecule has 0 radical (unpaired) electrons. The van der Waals surface area contributed by atoms with E-state index in [4.69, 9.17) is 4.74 Å². The van der Waals surface area contributed by atoms with Gasteiger partial charge in [0.25, 0.3) is 0 Å². The van der Waals surface area contributed by atoms with Crippen molar-refractivity contribution >= 4 is 23.3 Å². The Hall–Kier alpha value is -2.08. The second-order valence-electron chi connectivity index (χ2n) is 7.65. The Morgan fingerprint density at radius 3 is 2.77 bits per heavy atom. The molecule has 1 aromatic rings. The molecule has 2 fully saturated rings. The third-order valence-corrected chi connectivity index (χ3v) is 5.61. The molecule has 1 aliphatic heterocycles. The quantitative estimate of drug-likeness (QED) is 0.816. The molecule has 26 heavy (non-hydrogen) atoms.